The minimum absolute atomic E-state index is 0.0628. The van der Waals surface area contributed by atoms with Gasteiger partial charge in [0.05, 0.1) is 0 Å². The second kappa shape index (κ2) is 8.27. The zero-order valence-corrected chi connectivity index (χ0v) is 14.1. The monoisotopic (exact) mass is 312 g/mol. The Labute approximate surface area is 138 Å². The Kier molecular flexibility index (Phi) is 6.09. The van der Waals surface area contributed by atoms with Gasteiger partial charge in [-0.05, 0) is 26.3 Å². The standard InChI is InChI=1S/C18H24N4O/c1-4-21(5-2)17-12-16(19-14-20-17)18(23)22(6-3)13-15-10-8-7-9-11-15/h7-12,14H,4-6,13H2,1-3H3. The number of hydrogen-bond acceptors (Lipinski definition) is 4. The van der Waals surface area contributed by atoms with E-state index in [2.05, 4.69) is 28.7 Å². The van der Waals surface area contributed by atoms with Crippen molar-refractivity contribution in [2.45, 2.75) is 27.3 Å². The summed E-state index contributed by atoms with van der Waals surface area (Å²) in [5, 5.41) is 0. The lowest BCUT2D eigenvalue weighted by Gasteiger charge is -2.22. The second-order valence-electron chi connectivity index (χ2n) is 5.24. The highest BCUT2D eigenvalue weighted by atomic mass is 16.2. The molecular formula is C18H24N4O. The summed E-state index contributed by atoms with van der Waals surface area (Å²) in [7, 11) is 0. The van der Waals surface area contributed by atoms with Crippen LogP contribution in [0.5, 0.6) is 0 Å². The number of rotatable bonds is 7. The maximum Gasteiger partial charge on any atom is 0.272 e. The van der Waals surface area contributed by atoms with Crippen molar-refractivity contribution >= 4 is 11.7 Å². The molecule has 2 aromatic rings. The van der Waals surface area contributed by atoms with Crippen LogP contribution >= 0.6 is 0 Å². The van der Waals surface area contributed by atoms with E-state index in [0.29, 0.717) is 18.8 Å². The van der Waals surface area contributed by atoms with Crippen LogP contribution in [0.1, 0.15) is 36.8 Å². The highest BCUT2D eigenvalue weighted by molar-refractivity contribution is 5.92. The van der Waals surface area contributed by atoms with Gasteiger partial charge in [0.25, 0.3) is 5.91 Å². The van der Waals surface area contributed by atoms with E-state index in [1.807, 2.05) is 37.3 Å². The smallest absolute Gasteiger partial charge is 0.272 e. The largest absolute Gasteiger partial charge is 0.357 e. The van der Waals surface area contributed by atoms with Gasteiger partial charge in [0, 0.05) is 32.2 Å². The summed E-state index contributed by atoms with van der Waals surface area (Å²) in [6.07, 6.45) is 1.47. The fraction of sp³-hybridized carbons (Fsp3) is 0.389. The van der Waals surface area contributed by atoms with Gasteiger partial charge in [-0.25, -0.2) is 9.97 Å². The molecule has 0 aliphatic rings. The number of aromatic nitrogens is 2. The first kappa shape index (κ1) is 16.9. The van der Waals surface area contributed by atoms with E-state index in [0.717, 1.165) is 24.5 Å². The molecule has 1 amide bonds. The molecule has 0 aliphatic carbocycles. The molecule has 1 aromatic heterocycles. The van der Waals surface area contributed by atoms with Crippen LogP contribution in [0.3, 0.4) is 0 Å². The molecule has 0 aliphatic heterocycles. The molecule has 0 N–H and O–H groups in total. The van der Waals surface area contributed by atoms with E-state index in [4.69, 9.17) is 0 Å². The minimum Gasteiger partial charge on any atom is -0.357 e. The molecule has 0 atom stereocenters. The van der Waals surface area contributed by atoms with Gasteiger partial charge in [-0.1, -0.05) is 30.3 Å². The van der Waals surface area contributed by atoms with Gasteiger partial charge in [-0.3, -0.25) is 4.79 Å². The van der Waals surface area contributed by atoms with Crippen LogP contribution in [-0.4, -0.2) is 40.4 Å². The topological polar surface area (TPSA) is 49.3 Å². The number of amides is 1. The van der Waals surface area contributed by atoms with Crippen molar-refractivity contribution in [1.82, 2.24) is 14.9 Å². The molecule has 0 saturated heterocycles. The zero-order valence-electron chi connectivity index (χ0n) is 14.1. The zero-order chi connectivity index (χ0) is 16.7. The molecule has 0 bridgehead atoms. The van der Waals surface area contributed by atoms with Crippen LogP contribution in [0.25, 0.3) is 0 Å². The molecule has 23 heavy (non-hydrogen) atoms. The normalized spacial score (nSPS) is 10.4. The molecule has 1 aromatic carbocycles. The average molecular weight is 312 g/mol. The summed E-state index contributed by atoms with van der Waals surface area (Å²) in [5.41, 5.74) is 1.56. The lowest BCUT2D eigenvalue weighted by atomic mass is 10.2. The quantitative estimate of drug-likeness (QED) is 0.788. The maximum absolute atomic E-state index is 12.7. The van der Waals surface area contributed by atoms with Gasteiger partial charge in [0.15, 0.2) is 0 Å². The Morgan fingerprint density at radius 3 is 2.30 bits per heavy atom. The van der Waals surface area contributed by atoms with Gasteiger partial charge in [0.1, 0.15) is 17.8 Å². The average Bonchev–Trinajstić information content (AvgIpc) is 2.61. The predicted molar refractivity (Wildman–Crippen MR) is 92.4 cm³/mol. The van der Waals surface area contributed by atoms with Crippen LogP contribution in [0.2, 0.25) is 0 Å². The van der Waals surface area contributed by atoms with Crippen molar-refractivity contribution in [2.75, 3.05) is 24.5 Å². The lowest BCUT2D eigenvalue weighted by molar-refractivity contribution is 0.0746. The van der Waals surface area contributed by atoms with E-state index >= 15 is 0 Å². The second-order valence-corrected chi connectivity index (χ2v) is 5.24. The van der Waals surface area contributed by atoms with E-state index in [-0.39, 0.29) is 5.91 Å². The molecule has 0 saturated carbocycles. The van der Waals surface area contributed by atoms with Crippen LogP contribution in [-0.2, 0) is 6.54 Å². The number of carbonyl (C=O) groups is 1. The molecule has 0 radical (unpaired) electrons. The summed E-state index contributed by atoms with van der Waals surface area (Å²) >= 11 is 0. The van der Waals surface area contributed by atoms with Gasteiger partial charge < -0.3 is 9.80 Å². The Hall–Kier alpha value is -2.43. The van der Waals surface area contributed by atoms with Gasteiger partial charge >= 0.3 is 0 Å². The Bertz CT molecular complexity index is 626. The highest BCUT2D eigenvalue weighted by Crippen LogP contribution is 2.13. The molecule has 122 valence electrons. The Morgan fingerprint density at radius 2 is 1.70 bits per heavy atom. The lowest BCUT2D eigenvalue weighted by Crippen LogP contribution is -2.31. The molecule has 0 fully saturated rings. The van der Waals surface area contributed by atoms with E-state index in [1.165, 1.54) is 6.33 Å². The van der Waals surface area contributed by atoms with Crippen LogP contribution < -0.4 is 4.90 Å². The third-order valence-corrected chi connectivity index (χ3v) is 3.84. The number of benzene rings is 1. The van der Waals surface area contributed by atoms with Crippen molar-refractivity contribution in [3.8, 4) is 0 Å². The SMILES string of the molecule is CCN(Cc1ccccc1)C(=O)c1cc(N(CC)CC)ncn1. The van der Waals surface area contributed by atoms with E-state index in [1.54, 1.807) is 11.0 Å². The van der Waals surface area contributed by atoms with Crippen LogP contribution in [0, 0.1) is 0 Å². The summed E-state index contributed by atoms with van der Waals surface area (Å²) < 4.78 is 0. The van der Waals surface area contributed by atoms with Crippen molar-refractivity contribution in [1.29, 1.82) is 0 Å². The molecule has 0 spiro atoms. The van der Waals surface area contributed by atoms with E-state index in [9.17, 15) is 4.79 Å². The summed E-state index contributed by atoms with van der Waals surface area (Å²) in [5.74, 6) is 0.733. The molecule has 5 nitrogen and oxygen atoms in total. The first-order valence-corrected chi connectivity index (χ1v) is 8.09. The third-order valence-electron chi connectivity index (χ3n) is 3.84. The fourth-order valence-corrected chi connectivity index (χ4v) is 2.48. The summed E-state index contributed by atoms with van der Waals surface area (Å²) in [4.78, 5) is 25.1. The van der Waals surface area contributed by atoms with Crippen LogP contribution in [0.4, 0.5) is 5.82 Å². The first-order valence-electron chi connectivity index (χ1n) is 8.09. The van der Waals surface area contributed by atoms with Crippen molar-refractivity contribution in [3.63, 3.8) is 0 Å². The summed E-state index contributed by atoms with van der Waals surface area (Å²) in [6, 6.07) is 11.8. The maximum atomic E-state index is 12.7. The number of carbonyl (C=O) groups excluding carboxylic acids is 1. The van der Waals surface area contributed by atoms with Crippen molar-refractivity contribution in [3.05, 3.63) is 54.0 Å². The molecule has 5 heteroatoms. The van der Waals surface area contributed by atoms with Gasteiger partial charge in [-0.2, -0.15) is 0 Å². The van der Waals surface area contributed by atoms with E-state index < -0.39 is 0 Å². The Balaban J connectivity index is 2.19. The van der Waals surface area contributed by atoms with Crippen molar-refractivity contribution < 1.29 is 4.79 Å². The molecule has 2 rings (SSSR count). The van der Waals surface area contributed by atoms with Gasteiger partial charge in [0.2, 0.25) is 0 Å². The van der Waals surface area contributed by atoms with Crippen LogP contribution in [0.15, 0.2) is 42.7 Å². The number of hydrogen-bond donors (Lipinski definition) is 0. The predicted octanol–water partition coefficient (Wildman–Crippen LogP) is 2.99. The fourth-order valence-electron chi connectivity index (χ4n) is 2.48. The minimum atomic E-state index is -0.0628. The van der Waals surface area contributed by atoms with Crippen molar-refractivity contribution in [2.24, 2.45) is 0 Å². The molecule has 1 heterocycles. The first-order chi connectivity index (χ1) is 11.2. The highest BCUT2D eigenvalue weighted by Gasteiger charge is 2.17. The summed E-state index contributed by atoms with van der Waals surface area (Å²) in [6.45, 7) is 9.04. The molecule has 0 unspecified atom stereocenters. The van der Waals surface area contributed by atoms with Gasteiger partial charge in [-0.15, -0.1) is 0 Å². The number of anilines is 1. The molecular weight excluding hydrogens is 288 g/mol. The number of nitrogens with zero attached hydrogens (tertiary/aromatic N) is 4. The third kappa shape index (κ3) is 4.28. The Morgan fingerprint density at radius 1 is 1.00 bits per heavy atom.